The first-order valence-electron chi connectivity index (χ1n) is 10.0. The van der Waals surface area contributed by atoms with Gasteiger partial charge in [-0.05, 0) is 37.0 Å². The lowest BCUT2D eigenvalue weighted by Crippen LogP contribution is -2.65. The molecular weight excluding hydrogens is 344 g/mol. The Morgan fingerprint density at radius 1 is 1.22 bits per heavy atom. The first-order chi connectivity index (χ1) is 13.2. The van der Waals surface area contributed by atoms with Crippen LogP contribution in [0.25, 0.3) is 0 Å². The van der Waals surface area contributed by atoms with E-state index in [1.54, 1.807) is 7.11 Å². The quantitative estimate of drug-likeness (QED) is 0.763. The number of hydrogen-bond donors (Lipinski definition) is 0. The highest BCUT2D eigenvalue weighted by molar-refractivity contribution is 5.77. The smallest absolute Gasteiger partial charge is 0.248 e. The normalized spacial score (nSPS) is 24.8. The summed E-state index contributed by atoms with van der Waals surface area (Å²) in [5.41, 5.74) is 1.19. The number of methoxy groups -OCH3 is 1. The molecule has 6 nitrogen and oxygen atoms in total. The Bertz CT molecular complexity index is 636. The minimum absolute atomic E-state index is 0.0912. The Labute approximate surface area is 161 Å². The number of carbonyl (C=O) groups excluding carboxylic acids is 1. The minimum Gasteiger partial charge on any atom is -0.497 e. The zero-order valence-corrected chi connectivity index (χ0v) is 16.2. The van der Waals surface area contributed by atoms with E-state index in [0.29, 0.717) is 0 Å². The van der Waals surface area contributed by atoms with E-state index in [1.807, 2.05) is 17.0 Å². The summed E-state index contributed by atoms with van der Waals surface area (Å²) in [7, 11) is 1.69. The van der Waals surface area contributed by atoms with Gasteiger partial charge in [0.25, 0.3) is 0 Å². The number of nitrogens with zero attached hydrogens (tertiary/aromatic N) is 2. The van der Waals surface area contributed by atoms with Crippen LogP contribution in [0.2, 0.25) is 0 Å². The third-order valence-corrected chi connectivity index (χ3v) is 5.94. The summed E-state index contributed by atoms with van der Waals surface area (Å²) in [6.45, 7) is 5.50. The largest absolute Gasteiger partial charge is 0.497 e. The van der Waals surface area contributed by atoms with E-state index in [-0.39, 0.29) is 24.2 Å². The standard InChI is InChI=1S/C21H30N2O4/c1-25-18-6-4-17(5-7-18)13-22-15-21(16-22)12-19(8-11-27-21)26-14-20(24)23-9-2-3-10-23/h4-7,19H,2-3,8-16H2,1H3/t19-/m0/s1. The Balaban J connectivity index is 1.22. The van der Waals surface area contributed by atoms with E-state index >= 15 is 0 Å². The fraction of sp³-hybridized carbons (Fsp3) is 0.667. The summed E-state index contributed by atoms with van der Waals surface area (Å²) in [5, 5.41) is 0. The van der Waals surface area contributed by atoms with Crippen molar-refractivity contribution in [3.8, 4) is 5.75 Å². The fourth-order valence-corrected chi connectivity index (χ4v) is 4.46. The van der Waals surface area contributed by atoms with Gasteiger partial charge in [-0.3, -0.25) is 9.69 Å². The maximum Gasteiger partial charge on any atom is 0.248 e. The van der Waals surface area contributed by atoms with Crippen LogP contribution in [0.1, 0.15) is 31.2 Å². The van der Waals surface area contributed by atoms with Crippen molar-refractivity contribution >= 4 is 5.91 Å². The SMILES string of the molecule is COc1ccc(CN2CC3(C[C@@H](OCC(=O)N4CCCC4)CCO3)C2)cc1. The van der Waals surface area contributed by atoms with Crippen LogP contribution < -0.4 is 4.74 Å². The van der Waals surface area contributed by atoms with Crippen LogP contribution in [0.15, 0.2) is 24.3 Å². The van der Waals surface area contributed by atoms with E-state index in [2.05, 4.69) is 17.0 Å². The molecule has 27 heavy (non-hydrogen) atoms. The maximum absolute atomic E-state index is 12.2. The number of hydrogen-bond acceptors (Lipinski definition) is 5. The summed E-state index contributed by atoms with van der Waals surface area (Å²) in [5.74, 6) is 1.03. The predicted octanol–water partition coefficient (Wildman–Crippen LogP) is 2.07. The fourth-order valence-electron chi connectivity index (χ4n) is 4.46. The van der Waals surface area contributed by atoms with Crippen LogP contribution in [0.5, 0.6) is 5.75 Å². The van der Waals surface area contributed by atoms with E-state index in [9.17, 15) is 4.79 Å². The molecule has 1 aromatic rings. The monoisotopic (exact) mass is 374 g/mol. The van der Waals surface area contributed by atoms with Crippen LogP contribution in [-0.4, -0.2) is 73.9 Å². The van der Waals surface area contributed by atoms with Crippen LogP contribution in [0, 0.1) is 0 Å². The van der Waals surface area contributed by atoms with Crippen LogP contribution in [0.4, 0.5) is 0 Å². The lowest BCUT2D eigenvalue weighted by atomic mass is 9.84. The van der Waals surface area contributed by atoms with Crippen molar-refractivity contribution in [2.45, 2.75) is 43.9 Å². The molecule has 1 aromatic carbocycles. The molecule has 3 fully saturated rings. The van der Waals surface area contributed by atoms with Crippen molar-refractivity contribution in [1.29, 1.82) is 0 Å². The first kappa shape index (κ1) is 18.7. The molecule has 0 radical (unpaired) electrons. The van der Waals surface area contributed by atoms with Crippen LogP contribution >= 0.6 is 0 Å². The molecule has 0 aromatic heterocycles. The molecule has 1 amide bonds. The van der Waals surface area contributed by atoms with Crippen molar-refractivity contribution in [2.24, 2.45) is 0 Å². The summed E-state index contributed by atoms with van der Waals surface area (Å²) in [4.78, 5) is 16.5. The highest BCUT2D eigenvalue weighted by Crippen LogP contribution is 2.36. The van der Waals surface area contributed by atoms with Gasteiger partial charge in [-0.25, -0.2) is 0 Å². The highest BCUT2D eigenvalue weighted by atomic mass is 16.5. The molecule has 4 rings (SSSR count). The number of ether oxygens (including phenoxy) is 3. The molecule has 1 atom stereocenters. The Morgan fingerprint density at radius 3 is 2.67 bits per heavy atom. The van der Waals surface area contributed by atoms with Gasteiger partial charge >= 0.3 is 0 Å². The summed E-state index contributed by atoms with van der Waals surface area (Å²) < 4.78 is 17.3. The Morgan fingerprint density at radius 2 is 1.96 bits per heavy atom. The second-order valence-electron chi connectivity index (χ2n) is 8.04. The average Bonchev–Trinajstić information content (AvgIpc) is 3.21. The number of benzene rings is 1. The third kappa shape index (κ3) is 4.45. The van der Waals surface area contributed by atoms with Crippen molar-refractivity contribution < 1.29 is 19.0 Å². The van der Waals surface area contributed by atoms with Gasteiger partial charge in [0.2, 0.25) is 5.91 Å². The second-order valence-corrected chi connectivity index (χ2v) is 8.04. The molecule has 0 unspecified atom stereocenters. The van der Waals surface area contributed by atoms with Gasteiger partial charge < -0.3 is 19.1 Å². The summed E-state index contributed by atoms with van der Waals surface area (Å²) in [6.07, 6.45) is 4.15. The molecule has 6 heteroatoms. The molecule has 3 saturated heterocycles. The maximum atomic E-state index is 12.2. The van der Waals surface area contributed by atoms with Crippen molar-refractivity contribution in [3.63, 3.8) is 0 Å². The number of likely N-dealkylation sites (tertiary alicyclic amines) is 2. The molecule has 0 bridgehead atoms. The van der Waals surface area contributed by atoms with E-state index < -0.39 is 0 Å². The van der Waals surface area contributed by atoms with Gasteiger partial charge in [-0.15, -0.1) is 0 Å². The van der Waals surface area contributed by atoms with Gasteiger partial charge in [-0.1, -0.05) is 12.1 Å². The van der Waals surface area contributed by atoms with Crippen LogP contribution in [0.3, 0.4) is 0 Å². The van der Waals surface area contributed by atoms with E-state index in [1.165, 1.54) is 5.56 Å². The van der Waals surface area contributed by atoms with Gasteiger partial charge in [0.05, 0.1) is 18.8 Å². The van der Waals surface area contributed by atoms with Crippen LogP contribution in [-0.2, 0) is 20.8 Å². The highest BCUT2D eigenvalue weighted by Gasteiger charge is 2.47. The zero-order chi connectivity index (χ0) is 18.7. The number of rotatable bonds is 6. The van der Waals surface area contributed by atoms with Crippen molar-refractivity contribution in [2.75, 3.05) is 46.5 Å². The molecule has 148 valence electrons. The predicted molar refractivity (Wildman–Crippen MR) is 102 cm³/mol. The summed E-state index contributed by atoms with van der Waals surface area (Å²) >= 11 is 0. The number of carbonyl (C=O) groups is 1. The van der Waals surface area contributed by atoms with Gasteiger partial charge in [0.15, 0.2) is 0 Å². The van der Waals surface area contributed by atoms with Gasteiger partial charge in [0.1, 0.15) is 12.4 Å². The molecule has 3 heterocycles. The second kappa shape index (κ2) is 8.17. The van der Waals surface area contributed by atoms with Gasteiger partial charge in [-0.2, -0.15) is 0 Å². The third-order valence-electron chi connectivity index (χ3n) is 5.94. The van der Waals surface area contributed by atoms with E-state index in [4.69, 9.17) is 14.2 Å². The Kier molecular flexibility index (Phi) is 5.66. The lowest BCUT2D eigenvalue weighted by molar-refractivity contribution is -0.200. The Hall–Kier alpha value is -1.63. The number of amides is 1. The zero-order valence-electron chi connectivity index (χ0n) is 16.2. The molecule has 0 saturated carbocycles. The lowest BCUT2D eigenvalue weighted by Gasteiger charge is -2.53. The molecule has 0 N–H and O–H groups in total. The van der Waals surface area contributed by atoms with E-state index in [0.717, 1.165) is 70.8 Å². The average molecular weight is 374 g/mol. The van der Waals surface area contributed by atoms with Crippen molar-refractivity contribution in [1.82, 2.24) is 9.80 Å². The summed E-state index contributed by atoms with van der Waals surface area (Å²) in [6, 6.07) is 8.23. The molecule has 0 aliphatic carbocycles. The molecule has 3 aliphatic rings. The van der Waals surface area contributed by atoms with Gasteiger partial charge in [0, 0.05) is 45.8 Å². The topological polar surface area (TPSA) is 51.2 Å². The molecular formula is C21H30N2O4. The minimum atomic E-state index is -0.0912. The molecule has 3 aliphatic heterocycles. The first-order valence-corrected chi connectivity index (χ1v) is 10.0. The molecule has 1 spiro atoms. The van der Waals surface area contributed by atoms with Crippen molar-refractivity contribution in [3.05, 3.63) is 29.8 Å².